The van der Waals surface area contributed by atoms with Crippen LogP contribution in [-0.4, -0.2) is 22.6 Å². The van der Waals surface area contributed by atoms with Crippen molar-refractivity contribution >= 4 is 17.5 Å². The molecule has 0 radical (unpaired) electrons. The average Bonchev–Trinajstić information content (AvgIpc) is 2.92. The summed E-state index contributed by atoms with van der Waals surface area (Å²) in [6, 6.07) is 7.21. The van der Waals surface area contributed by atoms with Gasteiger partial charge in [0.2, 0.25) is 5.89 Å². The van der Waals surface area contributed by atoms with Crippen LogP contribution in [0.1, 0.15) is 21.8 Å². The van der Waals surface area contributed by atoms with Crippen molar-refractivity contribution in [3.05, 3.63) is 47.6 Å². The molecule has 0 saturated heterocycles. The van der Waals surface area contributed by atoms with Gasteiger partial charge in [0, 0.05) is 24.4 Å². The van der Waals surface area contributed by atoms with Crippen molar-refractivity contribution in [2.45, 2.75) is 12.3 Å². The van der Waals surface area contributed by atoms with Gasteiger partial charge in [-0.3, -0.25) is 4.79 Å². The predicted molar refractivity (Wildman–Crippen MR) is 66.3 cm³/mol. The third-order valence-electron chi connectivity index (χ3n) is 2.37. The van der Waals surface area contributed by atoms with Crippen molar-refractivity contribution in [2.75, 3.05) is 6.54 Å². The Balaban J connectivity index is 1.87. The van der Waals surface area contributed by atoms with Gasteiger partial charge >= 0.3 is 0 Å². The molecule has 0 aliphatic heterocycles. The van der Waals surface area contributed by atoms with Crippen molar-refractivity contribution in [1.29, 1.82) is 0 Å². The number of benzene rings is 1. The standard InChI is InChI=1S/C12H12ClN3O2/c13-7-9-2-1-3-10(6-9)12(17)14-5-4-11-15-8-16-18-11/h1-3,6,8H,4-5,7H2,(H,14,17). The van der Waals surface area contributed by atoms with Gasteiger partial charge in [-0.1, -0.05) is 17.3 Å². The fourth-order valence-corrected chi connectivity index (χ4v) is 1.65. The molecule has 0 spiro atoms. The van der Waals surface area contributed by atoms with Crippen LogP contribution >= 0.6 is 11.6 Å². The van der Waals surface area contributed by atoms with Crippen molar-refractivity contribution in [1.82, 2.24) is 15.5 Å². The fraction of sp³-hybridized carbons (Fsp3) is 0.250. The first kappa shape index (κ1) is 12.6. The van der Waals surface area contributed by atoms with Crippen molar-refractivity contribution in [2.24, 2.45) is 0 Å². The zero-order valence-corrected chi connectivity index (χ0v) is 10.4. The summed E-state index contributed by atoms with van der Waals surface area (Å²) >= 11 is 5.72. The first-order valence-electron chi connectivity index (χ1n) is 5.48. The molecule has 0 unspecified atom stereocenters. The molecule has 1 amide bonds. The maximum Gasteiger partial charge on any atom is 0.251 e. The van der Waals surface area contributed by atoms with Crippen LogP contribution in [0.4, 0.5) is 0 Å². The van der Waals surface area contributed by atoms with E-state index < -0.39 is 0 Å². The van der Waals surface area contributed by atoms with E-state index in [1.165, 1.54) is 6.33 Å². The smallest absolute Gasteiger partial charge is 0.251 e. The van der Waals surface area contributed by atoms with Crippen LogP contribution in [0.15, 0.2) is 35.1 Å². The largest absolute Gasteiger partial charge is 0.352 e. The number of rotatable bonds is 5. The Morgan fingerprint density at radius 1 is 1.44 bits per heavy atom. The van der Waals surface area contributed by atoms with Gasteiger partial charge in [0.25, 0.3) is 5.91 Å². The van der Waals surface area contributed by atoms with Gasteiger partial charge in [-0.05, 0) is 17.7 Å². The molecular formula is C12H12ClN3O2. The maximum absolute atomic E-state index is 11.8. The lowest BCUT2D eigenvalue weighted by molar-refractivity contribution is 0.0953. The Morgan fingerprint density at radius 2 is 2.33 bits per heavy atom. The monoisotopic (exact) mass is 265 g/mol. The van der Waals surface area contributed by atoms with Crippen LogP contribution in [0.2, 0.25) is 0 Å². The van der Waals surface area contributed by atoms with E-state index in [0.29, 0.717) is 30.3 Å². The SMILES string of the molecule is O=C(NCCc1ncno1)c1cccc(CCl)c1. The Kier molecular flexibility index (Phi) is 4.30. The molecule has 0 bridgehead atoms. The molecule has 18 heavy (non-hydrogen) atoms. The molecule has 0 atom stereocenters. The minimum absolute atomic E-state index is 0.138. The predicted octanol–water partition coefficient (Wildman–Crippen LogP) is 1.78. The molecule has 0 fully saturated rings. The zero-order chi connectivity index (χ0) is 12.8. The third-order valence-corrected chi connectivity index (χ3v) is 2.68. The number of hydrogen-bond acceptors (Lipinski definition) is 4. The highest BCUT2D eigenvalue weighted by Crippen LogP contribution is 2.07. The van der Waals surface area contributed by atoms with E-state index in [4.69, 9.17) is 16.1 Å². The summed E-state index contributed by atoms with van der Waals surface area (Å²) < 4.78 is 4.83. The molecular weight excluding hydrogens is 254 g/mol. The Morgan fingerprint density at radius 3 is 3.06 bits per heavy atom. The second-order valence-corrected chi connectivity index (χ2v) is 3.94. The first-order chi connectivity index (χ1) is 8.79. The van der Waals surface area contributed by atoms with Crippen LogP contribution in [-0.2, 0) is 12.3 Å². The van der Waals surface area contributed by atoms with E-state index in [1.807, 2.05) is 12.1 Å². The van der Waals surface area contributed by atoms with Gasteiger partial charge in [-0.2, -0.15) is 4.98 Å². The molecule has 6 heteroatoms. The topological polar surface area (TPSA) is 68.0 Å². The summed E-state index contributed by atoms with van der Waals surface area (Å²) in [7, 11) is 0. The molecule has 2 rings (SSSR count). The highest BCUT2D eigenvalue weighted by Gasteiger charge is 2.06. The second-order valence-electron chi connectivity index (χ2n) is 3.67. The van der Waals surface area contributed by atoms with Gasteiger partial charge in [0.05, 0.1) is 0 Å². The summed E-state index contributed by atoms with van der Waals surface area (Å²) in [4.78, 5) is 15.7. The molecule has 2 aromatic rings. The highest BCUT2D eigenvalue weighted by atomic mass is 35.5. The number of aromatic nitrogens is 2. The summed E-state index contributed by atoms with van der Waals surface area (Å²) in [5, 5.41) is 6.27. The van der Waals surface area contributed by atoms with Crippen LogP contribution in [0, 0.1) is 0 Å². The van der Waals surface area contributed by atoms with E-state index in [2.05, 4.69) is 15.5 Å². The molecule has 0 aliphatic rings. The number of nitrogens with zero attached hydrogens (tertiary/aromatic N) is 2. The summed E-state index contributed by atoms with van der Waals surface area (Å²) in [6.07, 6.45) is 1.85. The summed E-state index contributed by atoms with van der Waals surface area (Å²) in [5.41, 5.74) is 1.51. The van der Waals surface area contributed by atoms with Gasteiger partial charge in [0.1, 0.15) is 0 Å². The van der Waals surface area contributed by atoms with Crippen LogP contribution in [0.3, 0.4) is 0 Å². The number of amides is 1. The van der Waals surface area contributed by atoms with Crippen LogP contribution in [0.25, 0.3) is 0 Å². The Labute approximate surface area is 109 Å². The minimum Gasteiger partial charge on any atom is -0.352 e. The molecule has 1 N–H and O–H groups in total. The van der Waals surface area contributed by atoms with E-state index in [0.717, 1.165) is 5.56 Å². The molecule has 1 aromatic carbocycles. The average molecular weight is 266 g/mol. The number of halogens is 1. The van der Waals surface area contributed by atoms with E-state index in [-0.39, 0.29) is 5.91 Å². The van der Waals surface area contributed by atoms with E-state index >= 15 is 0 Å². The first-order valence-corrected chi connectivity index (χ1v) is 6.01. The van der Waals surface area contributed by atoms with Crippen LogP contribution < -0.4 is 5.32 Å². The zero-order valence-electron chi connectivity index (χ0n) is 9.60. The molecule has 0 aliphatic carbocycles. The number of alkyl halides is 1. The molecule has 94 valence electrons. The fourth-order valence-electron chi connectivity index (χ4n) is 1.49. The lowest BCUT2D eigenvalue weighted by Crippen LogP contribution is -2.25. The highest BCUT2D eigenvalue weighted by molar-refractivity contribution is 6.17. The Bertz CT molecular complexity index is 514. The van der Waals surface area contributed by atoms with Gasteiger partial charge < -0.3 is 9.84 Å². The molecule has 0 saturated carbocycles. The number of carbonyl (C=O) groups is 1. The van der Waals surface area contributed by atoms with Crippen molar-refractivity contribution in [3.8, 4) is 0 Å². The van der Waals surface area contributed by atoms with Crippen molar-refractivity contribution < 1.29 is 9.32 Å². The van der Waals surface area contributed by atoms with E-state index in [1.54, 1.807) is 12.1 Å². The molecule has 1 aromatic heterocycles. The lowest BCUT2D eigenvalue weighted by Gasteiger charge is -2.04. The maximum atomic E-state index is 11.8. The summed E-state index contributed by atoms with van der Waals surface area (Å²) in [5.74, 6) is 0.759. The van der Waals surface area contributed by atoms with Crippen LogP contribution in [0.5, 0.6) is 0 Å². The summed E-state index contributed by atoms with van der Waals surface area (Å²) in [6.45, 7) is 0.451. The second kappa shape index (κ2) is 6.16. The molecule has 1 heterocycles. The van der Waals surface area contributed by atoms with Gasteiger partial charge in [-0.25, -0.2) is 0 Å². The van der Waals surface area contributed by atoms with Gasteiger partial charge in [0.15, 0.2) is 6.33 Å². The number of nitrogens with one attached hydrogen (secondary N) is 1. The lowest BCUT2D eigenvalue weighted by atomic mass is 10.1. The number of carbonyl (C=O) groups excluding carboxylic acids is 1. The normalized spacial score (nSPS) is 10.3. The minimum atomic E-state index is -0.138. The molecule has 5 nitrogen and oxygen atoms in total. The third kappa shape index (κ3) is 3.30. The van der Waals surface area contributed by atoms with Crippen molar-refractivity contribution in [3.63, 3.8) is 0 Å². The Hall–Kier alpha value is -1.88. The van der Waals surface area contributed by atoms with E-state index in [9.17, 15) is 4.79 Å². The quantitative estimate of drug-likeness (QED) is 0.837. The number of hydrogen-bond donors (Lipinski definition) is 1. The van der Waals surface area contributed by atoms with Gasteiger partial charge in [-0.15, -0.1) is 11.6 Å².